The minimum absolute atomic E-state index is 0.0378. The predicted molar refractivity (Wildman–Crippen MR) is 145 cm³/mol. The molecule has 1 aliphatic heterocycles. The number of hydrogen-bond donors (Lipinski definition) is 2. The third-order valence-corrected chi connectivity index (χ3v) is 7.37. The van der Waals surface area contributed by atoms with Gasteiger partial charge in [0.25, 0.3) is 5.91 Å². The molecule has 1 aromatic heterocycles. The standard InChI is InChI=1S/C29H39FN4O3/c1-5-10-33(12-13-35)26-9-8-20-14-21(28(37)32(3)4)15-24(27(20)31-26)25-7-6-11-34(25)23-16-22(30)17-29(2,18-23)19-36/h8-9,14-17,25,35-36H,5-7,10-13,18-19H2,1-4H3. The second kappa shape index (κ2) is 11.2. The molecular formula is C29H39FN4O3. The lowest BCUT2D eigenvalue weighted by Gasteiger charge is -2.36. The maximum absolute atomic E-state index is 14.7. The first-order valence-electron chi connectivity index (χ1n) is 13.2. The quantitative estimate of drug-likeness (QED) is 0.520. The molecule has 4 rings (SSSR count). The number of hydrogen-bond acceptors (Lipinski definition) is 6. The molecule has 0 spiro atoms. The van der Waals surface area contributed by atoms with Crippen LogP contribution in [0.3, 0.4) is 0 Å². The number of allylic oxidation sites excluding steroid dienone is 3. The molecule has 7 nitrogen and oxygen atoms in total. The highest BCUT2D eigenvalue weighted by Crippen LogP contribution is 2.44. The number of benzene rings is 1. The van der Waals surface area contributed by atoms with Crippen molar-refractivity contribution in [2.45, 2.75) is 45.6 Å². The first-order valence-corrected chi connectivity index (χ1v) is 13.2. The van der Waals surface area contributed by atoms with Crippen LogP contribution >= 0.6 is 0 Å². The van der Waals surface area contributed by atoms with Crippen LogP contribution in [0, 0.1) is 5.41 Å². The van der Waals surface area contributed by atoms with Crippen LogP contribution in [0.25, 0.3) is 10.9 Å². The van der Waals surface area contributed by atoms with Gasteiger partial charge in [-0.05, 0) is 62.1 Å². The van der Waals surface area contributed by atoms with Crippen LogP contribution in [0.2, 0.25) is 0 Å². The topological polar surface area (TPSA) is 80.1 Å². The van der Waals surface area contributed by atoms with Crippen molar-refractivity contribution in [3.63, 3.8) is 0 Å². The zero-order chi connectivity index (χ0) is 26.7. The Bertz CT molecular complexity index is 1210. The molecular weight excluding hydrogens is 471 g/mol. The average Bonchev–Trinajstić information content (AvgIpc) is 3.36. The average molecular weight is 511 g/mol. The first kappa shape index (κ1) is 27.1. The van der Waals surface area contributed by atoms with Crippen molar-refractivity contribution in [1.29, 1.82) is 0 Å². The number of rotatable bonds is 9. The summed E-state index contributed by atoms with van der Waals surface area (Å²) in [5, 5.41) is 20.4. The number of halogens is 1. The van der Waals surface area contributed by atoms with E-state index in [9.17, 15) is 19.4 Å². The van der Waals surface area contributed by atoms with Crippen LogP contribution in [-0.4, -0.2) is 77.8 Å². The Morgan fingerprint density at radius 1 is 1.24 bits per heavy atom. The summed E-state index contributed by atoms with van der Waals surface area (Å²) >= 11 is 0. The Morgan fingerprint density at radius 3 is 2.70 bits per heavy atom. The molecule has 0 saturated carbocycles. The Hall–Kier alpha value is -2.97. The van der Waals surface area contributed by atoms with Crippen LogP contribution in [0.15, 0.2) is 47.9 Å². The monoisotopic (exact) mass is 510 g/mol. The smallest absolute Gasteiger partial charge is 0.253 e. The number of nitrogens with zero attached hydrogens (tertiary/aromatic N) is 4. The highest BCUT2D eigenvalue weighted by molar-refractivity contribution is 5.99. The SMILES string of the molecule is CCCN(CCO)c1ccc2cc(C(=O)N(C)C)cc(C3CCCN3C3=CC(F)=CC(C)(CO)C3)c2n1. The number of anilines is 1. The summed E-state index contributed by atoms with van der Waals surface area (Å²) in [5.74, 6) is 0.382. The number of likely N-dealkylation sites (tertiary alicyclic amines) is 1. The number of amides is 1. The number of pyridine rings is 1. The van der Waals surface area contributed by atoms with Crippen molar-refractivity contribution in [1.82, 2.24) is 14.8 Å². The summed E-state index contributed by atoms with van der Waals surface area (Å²) in [6.07, 6.45) is 6.34. The number of aromatic nitrogens is 1. The molecule has 2 aromatic rings. The maximum Gasteiger partial charge on any atom is 0.253 e. The molecule has 200 valence electrons. The summed E-state index contributed by atoms with van der Waals surface area (Å²) < 4.78 is 14.7. The van der Waals surface area contributed by atoms with E-state index in [0.29, 0.717) is 18.5 Å². The second-order valence-corrected chi connectivity index (χ2v) is 10.7. The molecule has 37 heavy (non-hydrogen) atoms. The molecule has 2 heterocycles. The number of aliphatic hydroxyl groups excluding tert-OH is 2. The molecule has 0 radical (unpaired) electrons. The highest BCUT2D eigenvalue weighted by atomic mass is 19.1. The van der Waals surface area contributed by atoms with Gasteiger partial charge in [-0.25, -0.2) is 9.37 Å². The normalized spacial score (nSPS) is 21.7. The van der Waals surface area contributed by atoms with Gasteiger partial charge in [-0.3, -0.25) is 4.79 Å². The third-order valence-electron chi connectivity index (χ3n) is 7.37. The van der Waals surface area contributed by atoms with Gasteiger partial charge in [0.15, 0.2) is 0 Å². The van der Waals surface area contributed by atoms with E-state index in [1.165, 1.54) is 6.08 Å². The van der Waals surface area contributed by atoms with E-state index < -0.39 is 5.41 Å². The largest absolute Gasteiger partial charge is 0.395 e. The van der Waals surface area contributed by atoms with Crippen molar-refractivity contribution >= 4 is 22.6 Å². The van der Waals surface area contributed by atoms with E-state index in [2.05, 4.69) is 16.7 Å². The van der Waals surface area contributed by atoms with E-state index in [0.717, 1.165) is 60.3 Å². The minimum Gasteiger partial charge on any atom is -0.395 e. The summed E-state index contributed by atoms with van der Waals surface area (Å²) in [7, 11) is 3.48. The lowest BCUT2D eigenvalue weighted by atomic mass is 9.82. The molecule has 1 fully saturated rings. The first-order chi connectivity index (χ1) is 17.7. The molecule has 2 aliphatic rings. The van der Waals surface area contributed by atoms with Gasteiger partial charge >= 0.3 is 0 Å². The van der Waals surface area contributed by atoms with Gasteiger partial charge in [0.1, 0.15) is 11.6 Å². The van der Waals surface area contributed by atoms with Gasteiger partial charge in [0.2, 0.25) is 0 Å². The van der Waals surface area contributed by atoms with Crippen LogP contribution in [0.5, 0.6) is 0 Å². The zero-order valence-electron chi connectivity index (χ0n) is 22.4. The van der Waals surface area contributed by atoms with Crippen LogP contribution in [0.4, 0.5) is 10.2 Å². The summed E-state index contributed by atoms with van der Waals surface area (Å²) in [6, 6.07) is 7.71. The molecule has 0 bridgehead atoms. The Kier molecular flexibility index (Phi) is 8.19. The molecule has 1 aromatic carbocycles. The molecule has 2 atom stereocenters. The van der Waals surface area contributed by atoms with Crippen molar-refractivity contribution in [3.05, 3.63) is 59.1 Å². The molecule has 1 aliphatic carbocycles. The van der Waals surface area contributed by atoms with E-state index in [-0.39, 0.29) is 31.0 Å². The number of fused-ring (bicyclic) bond motifs is 1. The van der Waals surface area contributed by atoms with Crippen molar-refractivity contribution in [2.24, 2.45) is 5.41 Å². The Balaban J connectivity index is 1.84. The van der Waals surface area contributed by atoms with Gasteiger partial charge in [0, 0.05) is 61.4 Å². The summed E-state index contributed by atoms with van der Waals surface area (Å²) in [5.41, 5.74) is 2.58. The lowest BCUT2D eigenvalue weighted by Crippen LogP contribution is -2.31. The van der Waals surface area contributed by atoms with Crippen LogP contribution < -0.4 is 4.90 Å². The van der Waals surface area contributed by atoms with Gasteiger partial charge in [0.05, 0.1) is 24.8 Å². The fourth-order valence-corrected chi connectivity index (χ4v) is 5.57. The van der Waals surface area contributed by atoms with Crippen LogP contribution in [-0.2, 0) is 0 Å². The Morgan fingerprint density at radius 2 is 2.03 bits per heavy atom. The Labute approximate surface area is 218 Å². The fraction of sp³-hybridized carbons (Fsp3) is 0.517. The van der Waals surface area contributed by atoms with Gasteiger partial charge in [-0.1, -0.05) is 13.8 Å². The number of carbonyl (C=O) groups is 1. The van der Waals surface area contributed by atoms with Gasteiger partial charge < -0.3 is 24.9 Å². The van der Waals surface area contributed by atoms with E-state index in [1.54, 1.807) is 25.1 Å². The van der Waals surface area contributed by atoms with Crippen molar-refractivity contribution < 1.29 is 19.4 Å². The second-order valence-electron chi connectivity index (χ2n) is 10.7. The molecule has 2 N–H and O–H groups in total. The zero-order valence-corrected chi connectivity index (χ0v) is 22.4. The van der Waals surface area contributed by atoms with Crippen LogP contribution in [0.1, 0.15) is 61.5 Å². The molecule has 1 saturated heterocycles. The number of carbonyl (C=O) groups excluding carboxylic acids is 1. The highest BCUT2D eigenvalue weighted by Gasteiger charge is 2.35. The third kappa shape index (κ3) is 5.65. The van der Waals surface area contributed by atoms with Gasteiger partial charge in [-0.2, -0.15) is 0 Å². The van der Waals surface area contributed by atoms with Crippen molar-refractivity contribution in [2.75, 3.05) is 51.8 Å². The minimum atomic E-state index is -0.650. The maximum atomic E-state index is 14.7. The van der Waals surface area contributed by atoms with Crippen molar-refractivity contribution in [3.8, 4) is 0 Å². The predicted octanol–water partition coefficient (Wildman–Crippen LogP) is 4.42. The van der Waals surface area contributed by atoms with Gasteiger partial charge in [-0.15, -0.1) is 0 Å². The summed E-state index contributed by atoms with van der Waals surface area (Å²) in [4.78, 5) is 23.9. The fourth-order valence-electron chi connectivity index (χ4n) is 5.57. The summed E-state index contributed by atoms with van der Waals surface area (Å²) in [6.45, 7) is 5.91. The van der Waals surface area contributed by atoms with E-state index in [1.807, 2.05) is 31.2 Å². The molecule has 8 heteroatoms. The molecule has 2 unspecified atom stereocenters. The van der Waals surface area contributed by atoms with E-state index >= 15 is 0 Å². The number of aliphatic hydroxyl groups is 2. The lowest BCUT2D eigenvalue weighted by molar-refractivity contribution is 0.0827. The van der Waals surface area contributed by atoms with E-state index in [4.69, 9.17) is 4.98 Å². The molecule has 1 amide bonds.